The van der Waals surface area contributed by atoms with Gasteiger partial charge in [-0.1, -0.05) is 46.5 Å². The van der Waals surface area contributed by atoms with Crippen molar-refractivity contribution in [1.82, 2.24) is 9.13 Å². The van der Waals surface area contributed by atoms with Crippen LogP contribution in [0.15, 0.2) is 84.9 Å². The van der Waals surface area contributed by atoms with Gasteiger partial charge in [0.2, 0.25) is 0 Å². The number of hydrogen-bond acceptors (Lipinski definition) is 0. The van der Waals surface area contributed by atoms with E-state index in [4.69, 9.17) is 13.1 Å². The van der Waals surface area contributed by atoms with E-state index < -0.39 is 0 Å². The predicted molar refractivity (Wildman–Crippen MR) is 167 cm³/mol. The summed E-state index contributed by atoms with van der Waals surface area (Å²) >= 11 is 0. The van der Waals surface area contributed by atoms with Crippen molar-refractivity contribution in [2.45, 2.75) is 27.7 Å². The van der Waals surface area contributed by atoms with E-state index >= 15 is 0 Å². The minimum absolute atomic E-state index is 0.357. The molecule has 0 aliphatic heterocycles. The fraction of sp³-hybridized carbons (Fsp3) is 0.111. The second kappa shape index (κ2) is 8.60. The number of nitrogens with zero attached hydrogens (tertiary/aromatic N) is 4. The molecule has 40 heavy (non-hydrogen) atoms. The molecule has 4 heteroatoms. The van der Waals surface area contributed by atoms with Gasteiger partial charge in [-0.25, -0.2) is 0 Å². The van der Waals surface area contributed by atoms with E-state index in [-0.39, 0.29) is 0 Å². The van der Waals surface area contributed by atoms with Crippen LogP contribution in [0.25, 0.3) is 64.7 Å². The Labute approximate surface area is 233 Å². The number of hydrogen-bond donors (Lipinski definition) is 0. The Balaban J connectivity index is 1.71. The van der Waals surface area contributed by atoms with Crippen LogP contribution in [-0.4, -0.2) is 9.13 Å². The van der Waals surface area contributed by atoms with Gasteiger partial charge in [-0.3, -0.25) is 9.69 Å². The minimum atomic E-state index is 0.357. The van der Waals surface area contributed by atoms with Crippen LogP contribution in [0.1, 0.15) is 22.3 Å². The predicted octanol–water partition coefficient (Wildman–Crippen LogP) is 10.2. The first kappa shape index (κ1) is 23.8. The molecule has 0 fully saturated rings. The van der Waals surface area contributed by atoms with Crippen LogP contribution in [0.4, 0.5) is 11.4 Å². The first-order chi connectivity index (χ1) is 19.4. The highest BCUT2D eigenvalue weighted by molar-refractivity contribution is 6.12. The topological polar surface area (TPSA) is 18.6 Å². The average molecular weight is 515 g/mol. The van der Waals surface area contributed by atoms with Crippen LogP contribution in [-0.2, 0) is 0 Å². The van der Waals surface area contributed by atoms with E-state index in [1.54, 1.807) is 0 Å². The summed E-state index contributed by atoms with van der Waals surface area (Å²) in [5.74, 6) is 0. The molecule has 0 saturated heterocycles. The third kappa shape index (κ3) is 3.37. The number of aromatic nitrogens is 2. The van der Waals surface area contributed by atoms with Crippen molar-refractivity contribution < 1.29 is 0 Å². The molecule has 2 heterocycles. The highest BCUT2D eigenvalue weighted by Crippen LogP contribution is 2.43. The molecule has 7 aromatic rings. The molecular formula is C36H26N4. The summed E-state index contributed by atoms with van der Waals surface area (Å²) in [5, 5.41) is 4.71. The SMILES string of the molecule is [C-]#[N+]c1cc(-n2c3ccc(C)cc3c3cc(C)ccc32)c(-n2c3ccc(C)cc3c3cc(C)ccc32)cc1[N+]#[C-]. The molecule has 2 aromatic heterocycles. The van der Waals surface area contributed by atoms with Crippen molar-refractivity contribution in [3.8, 4) is 11.4 Å². The molecule has 0 aliphatic rings. The third-order valence-electron chi connectivity index (χ3n) is 7.95. The molecule has 0 radical (unpaired) electrons. The zero-order chi connectivity index (χ0) is 27.7. The van der Waals surface area contributed by atoms with Gasteiger partial charge in [-0.2, -0.15) is 0 Å². The number of rotatable bonds is 2. The van der Waals surface area contributed by atoms with E-state index in [1.807, 2.05) is 12.1 Å². The van der Waals surface area contributed by atoms with Gasteiger partial charge in [0.15, 0.2) is 11.4 Å². The third-order valence-corrected chi connectivity index (χ3v) is 7.95. The quantitative estimate of drug-likeness (QED) is 0.204. The lowest BCUT2D eigenvalue weighted by atomic mass is 10.1. The monoisotopic (exact) mass is 514 g/mol. The highest BCUT2D eigenvalue weighted by atomic mass is 15.1. The molecule has 0 unspecified atom stereocenters. The molecule has 0 saturated carbocycles. The Kier molecular flexibility index (Phi) is 5.11. The minimum Gasteiger partial charge on any atom is -0.309 e. The molecule has 0 spiro atoms. The zero-order valence-electron chi connectivity index (χ0n) is 22.9. The van der Waals surface area contributed by atoms with Gasteiger partial charge in [0.05, 0.1) is 46.6 Å². The smallest absolute Gasteiger partial charge is 0.196 e. The molecular weight excluding hydrogens is 488 g/mol. The number of aryl methyl sites for hydroxylation is 4. The maximum absolute atomic E-state index is 7.91. The lowest BCUT2D eigenvalue weighted by Gasteiger charge is -2.18. The van der Waals surface area contributed by atoms with Gasteiger partial charge in [-0.15, -0.1) is 0 Å². The van der Waals surface area contributed by atoms with Crippen LogP contribution >= 0.6 is 0 Å². The fourth-order valence-corrected chi connectivity index (χ4v) is 6.11. The van der Waals surface area contributed by atoms with Crippen LogP contribution in [0.2, 0.25) is 0 Å². The largest absolute Gasteiger partial charge is 0.309 e. The van der Waals surface area contributed by atoms with E-state index in [2.05, 4.69) is 119 Å². The molecule has 0 bridgehead atoms. The molecule has 4 nitrogen and oxygen atoms in total. The zero-order valence-corrected chi connectivity index (χ0v) is 22.9. The summed E-state index contributed by atoms with van der Waals surface area (Å²) in [6.45, 7) is 24.3. The average Bonchev–Trinajstić information content (AvgIpc) is 3.43. The molecule has 0 amide bonds. The Morgan fingerprint density at radius 3 is 0.950 bits per heavy atom. The van der Waals surface area contributed by atoms with E-state index in [0.29, 0.717) is 11.4 Å². The van der Waals surface area contributed by atoms with Gasteiger partial charge >= 0.3 is 0 Å². The van der Waals surface area contributed by atoms with Gasteiger partial charge in [0, 0.05) is 21.5 Å². The second-order valence-corrected chi connectivity index (χ2v) is 10.8. The summed E-state index contributed by atoms with van der Waals surface area (Å²) in [6, 6.07) is 30.0. The number of benzene rings is 5. The summed E-state index contributed by atoms with van der Waals surface area (Å²) in [6.07, 6.45) is 0. The van der Waals surface area contributed by atoms with Gasteiger partial charge in [-0.05, 0) is 88.4 Å². The molecule has 190 valence electrons. The van der Waals surface area contributed by atoms with Crippen LogP contribution < -0.4 is 0 Å². The van der Waals surface area contributed by atoms with Crippen LogP contribution in [0, 0.1) is 40.8 Å². The molecule has 7 rings (SSSR count). The van der Waals surface area contributed by atoms with Gasteiger partial charge < -0.3 is 9.13 Å². The van der Waals surface area contributed by atoms with Gasteiger partial charge in [0.25, 0.3) is 0 Å². The highest BCUT2D eigenvalue weighted by Gasteiger charge is 2.22. The molecule has 5 aromatic carbocycles. The Morgan fingerprint density at radius 2 is 0.700 bits per heavy atom. The van der Waals surface area contributed by atoms with E-state index in [0.717, 1.165) is 33.4 Å². The normalized spacial score (nSPS) is 11.4. The maximum atomic E-state index is 7.91. The van der Waals surface area contributed by atoms with E-state index in [1.165, 1.54) is 43.8 Å². The van der Waals surface area contributed by atoms with Crippen molar-refractivity contribution in [3.63, 3.8) is 0 Å². The summed E-state index contributed by atoms with van der Waals surface area (Å²) < 4.78 is 4.53. The van der Waals surface area contributed by atoms with E-state index in [9.17, 15) is 0 Å². The molecule has 0 aliphatic carbocycles. The maximum Gasteiger partial charge on any atom is 0.196 e. The van der Waals surface area contributed by atoms with Crippen molar-refractivity contribution in [2.24, 2.45) is 0 Å². The second-order valence-electron chi connectivity index (χ2n) is 10.8. The molecule has 0 atom stereocenters. The van der Waals surface area contributed by atoms with Crippen LogP contribution in [0.3, 0.4) is 0 Å². The summed E-state index contributed by atoms with van der Waals surface area (Å²) in [4.78, 5) is 7.57. The Hall–Kier alpha value is -5.32. The Morgan fingerprint density at radius 1 is 0.425 bits per heavy atom. The first-order valence-corrected chi connectivity index (χ1v) is 13.3. The lowest BCUT2D eigenvalue weighted by molar-refractivity contribution is 1.10. The van der Waals surface area contributed by atoms with Crippen molar-refractivity contribution >= 4 is 55.0 Å². The standard InChI is InChI=1S/C36H26N4/c1-21-7-11-31-25(15-21)26-16-22(2)8-12-32(26)39(31)35-19-29(37-5)30(38-6)20-36(35)40-33-13-9-23(3)17-27(33)28-18-24(4)10-14-34(28)40/h7-20H,1-4H3. The Bertz CT molecular complexity index is 2000. The summed E-state index contributed by atoms with van der Waals surface area (Å²) in [7, 11) is 0. The lowest BCUT2D eigenvalue weighted by Crippen LogP contribution is -2.03. The van der Waals surface area contributed by atoms with Crippen molar-refractivity contribution in [3.05, 3.63) is 130 Å². The van der Waals surface area contributed by atoms with Crippen molar-refractivity contribution in [2.75, 3.05) is 0 Å². The van der Waals surface area contributed by atoms with Crippen molar-refractivity contribution in [1.29, 1.82) is 0 Å². The number of fused-ring (bicyclic) bond motifs is 6. The first-order valence-electron chi connectivity index (χ1n) is 13.3. The summed E-state index contributed by atoms with van der Waals surface area (Å²) in [5.41, 5.74) is 11.6. The fourth-order valence-electron chi connectivity index (χ4n) is 6.11. The van der Waals surface area contributed by atoms with Gasteiger partial charge in [0.1, 0.15) is 0 Å². The molecule has 0 N–H and O–H groups in total. The van der Waals surface area contributed by atoms with Crippen LogP contribution in [0.5, 0.6) is 0 Å².